The van der Waals surface area contributed by atoms with Gasteiger partial charge in [0.2, 0.25) is 0 Å². The maximum atomic E-state index is 13.0. The highest BCUT2D eigenvalue weighted by molar-refractivity contribution is 5.95. The van der Waals surface area contributed by atoms with E-state index in [1.54, 1.807) is 41.2 Å². The number of nitrogens with zero attached hydrogens (tertiary/aromatic N) is 2. The van der Waals surface area contributed by atoms with E-state index in [0.717, 1.165) is 0 Å². The molecule has 8 heteroatoms. The number of amides is 2. The van der Waals surface area contributed by atoms with E-state index in [9.17, 15) is 9.59 Å². The van der Waals surface area contributed by atoms with Gasteiger partial charge in [0.1, 0.15) is 0 Å². The average Bonchev–Trinajstić information content (AvgIpc) is 3.09. The number of rotatable bonds is 8. The number of methoxy groups -OCH3 is 2. The van der Waals surface area contributed by atoms with E-state index >= 15 is 0 Å². The smallest absolute Gasteiger partial charge is 0.260 e. The normalized spacial score (nSPS) is 13.8. The van der Waals surface area contributed by atoms with Crippen LogP contribution in [0.1, 0.15) is 23.7 Å². The van der Waals surface area contributed by atoms with Crippen LogP contribution >= 0.6 is 0 Å². The maximum absolute atomic E-state index is 13.0. The zero-order chi connectivity index (χ0) is 22.9. The number of ether oxygens (including phenoxy) is 4. The van der Waals surface area contributed by atoms with Gasteiger partial charge in [-0.05, 0) is 43.7 Å². The number of benzene rings is 2. The fourth-order valence-electron chi connectivity index (χ4n) is 3.60. The summed E-state index contributed by atoms with van der Waals surface area (Å²) >= 11 is 0. The summed E-state index contributed by atoms with van der Waals surface area (Å²) in [4.78, 5) is 29.2. The zero-order valence-corrected chi connectivity index (χ0v) is 18.8. The van der Waals surface area contributed by atoms with Gasteiger partial charge in [0.15, 0.2) is 29.6 Å². The fraction of sp³-hybridized carbons (Fsp3) is 0.417. The van der Waals surface area contributed by atoms with Crippen molar-refractivity contribution < 1.29 is 28.5 Å². The van der Waals surface area contributed by atoms with Crippen molar-refractivity contribution in [3.05, 3.63) is 48.0 Å². The quantitative estimate of drug-likeness (QED) is 0.626. The van der Waals surface area contributed by atoms with Crippen LogP contribution in [-0.2, 0) is 4.79 Å². The molecule has 172 valence electrons. The van der Waals surface area contributed by atoms with Gasteiger partial charge in [0.25, 0.3) is 11.8 Å². The second kappa shape index (κ2) is 11.3. The second-order valence-electron chi connectivity index (χ2n) is 7.26. The Labute approximate surface area is 188 Å². The molecule has 8 nitrogen and oxygen atoms in total. The van der Waals surface area contributed by atoms with E-state index in [2.05, 4.69) is 0 Å². The van der Waals surface area contributed by atoms with Crippen LogP contribution in [0, 0.1) is 0 Å². The van der Waals surface area contributed by atoms with Crippen LogP contribution in [0.25, 0.3) is 0 Å². The van der Waals surface area contributed by atoms with Gasteiger partial charge < -0.3 is 28.7 Å². The summed E-state index contributed by atoms with van der Waals surface area (Å²) in [6, 6.07) is 12.4. The van der Waals surface area contributed by atoms with Crippen LogP contribution in [0.5, 0.6) is 23.0 Å². The highest BCUT2D eigenvalue weighted by atomic mass is 16.5. The lowest BCUT2D eigenvalue weighted by Crippen LogP contribution is -2.39. The molecule has 0 atom stereocenters. The molecule has 0 spiro atoms. The Hall–Kier alpha value is -3.42. The van der Waals surface area contributed by atoms with E-state index in [-0.39, 0.29) is 18.4 Å². The van der Waals surface area contributed by atoms with Crippen LogP contribution in [-0.4, -0.2) is 75.2 Å². The summed E-state index contributed by atoms with van der Waals surface area (Å²) in [5, 5.41) is 0. The van der Waals surface area contributed by atoms with E-state index in [1.165, 1.54) is 7.11 Å². The molecule has 0 unspecified atom stereocenters. The predicted molar refractivity (Wildman–Crippen MR) is 120 cm³/mol. The third kappa shape index (κ3) is 5.63. The Balaban J connectivity index is 1.58. The van der Waals surface area contributed by atoms with Crippen molar-refractivity contribution in [3.63, 3.8) is 0 Å². The van der Waals surface area contributed by atoms with Crippen LogP contribution in [0.15, 0.2) is 42.5 Å². The van der Waals surface area contributed by atoms with Gasteiger partial charge in [-0.25, -0.2) is 0 Å². The molecule has 1 aliphatic rings. The summed E-state index contributed by atoms with van der Waals surface area (Å²) in [7, 11) is 3.09. The number of hydrogen-bond acceptors (Lipinski definition) is 6. The molecule has 0 aromatic heterocycles. The molecule has 2 aromatic carbocycles. The first-order valence-electron chi connectivity index (χ1n) is 10.7. The summed E-state index contributed by atoms with van der Waals surface area (Å²) in [6.07, 6.45) is 0.695. The Kier molecular flexibility index (Phi) is 8.19. The van der Waals surface area contributed by atoms with Crippen molar-refractivity contribution in [2.75, 3.05) is 53.6 Å². The number of carbonyl (C=O) groups is 2. The molecule has 1 heterocycles. The first-order chi connectivity index (χ1) is 15.6. The third-order valence-corrected chi connectivity index (χ3v) is 5.27. The topological polar surface area (TPSA) is 77.5 Å². The molecule has 1 aliphatic heterocycles. The monoisotopic (exact) mass is 442 g/mol. The molecular formula is C24H30N2O6. The van der Waals surface area contributed by atoms with Crippen LogP contribution < -0.4 is 18.9 Å². The lowest BCUT2D eigenvalue weighted by molar-refractivity contribution is -0.133. The molecule has 2 aromatic rings. The zero-order valence-electron chi connectivity index (χ0n) is 18.8. The largest absolute Gasteiger partial charge is 0.493 e. The van der Waals surface area contributed by atoms with Crippen LogP contribution in [0.4, 0.5) is 0 Å². The number of carbonyl (C=O) groups excluding carboxylic acids is 2. The van der Waals surface area contributed by atoms with Crippen molar-refractivity contribution in [1.82, 2.24) is 9.80 Å². The van der Waals surface area contributed by atoms with Crippen molar-refractivity contribution in [3.8, 4) is 23.0 Å². The van der Waals surface area contributed by atoms with Gasteiger partial charge >= 0.3 is 0 Å². The Bertz CT molecular complexity index is 932. The van der Waals surface area contributed by atoms with Crippen molar-refractivity contribution in [2.45, 2.75) is 13.3 Å². The average molecular weight is 443 g/mol. The highest BCUT2D eigenvalue weighted by Crippen LogP contribution is 2.28. The molecular weight excluding hydrogens is 412 g/mol. The molecule has 0 bridgehead atoms. The Morgan fingerprint density at radius 3 is 2.16 bits per heavy atom. The molecule has 0 N–H and O–H groups in total. The van der Waals surface area contributed by atoms with E-state index in [4.69, 9.17) is 18.9 Å². The summed E-state index contributed by atoms with van der Waals surface area (Å²) < 4.78 is 21.8. The fourth-order valence-corrected chi connectivity index (χ4v) is 3.60. The van der Waals surface area contributed by atoms with Gasteiger partial charge in [-0.3, -0.25) is 9.59 Å². The van der Waals surface area contributed by atoms with Gasteiger partial charge in [-0.15, -0.1) is 0 Å². The minimum atomic E-state index is -0.114. The molecule has 0 saturated carbocycles. The molecule has 0 aliphatic carbocycles. The van der Waals surface area contributed by atoms with Crippen LogP contribution in [0.2, 0.25) is 0 Å². The minimum Gasteiger partial charge on any atom is -0.493 e. The van der Waals surface area contributed by atoms with Crippen molar-refractivity contribution in [2.24, 2.45) is 0 Å². The molecule has 32 heavy (non-hydrogen) atoms. The van der Waals surface area contributed by atoms with Crippen molar-refractivity contribution >= 4 is 11.8 Å². The number of hydrogen-bond donors (Lipinski definition) is 0. The van der Waals surface area contributed by atoms with Gasteiger partial charge in [-0.2, -0.15) is 0 Å². The lowest BCUT2D eigenvalue weighted by Gasteiger charge is -2.23. The summed E-state index contributed by atoms with van der Waals surface area (Å²) in [5.41, 5.74) is 0.526. The standard InChI is InChI=1S/C24H30N2O6/c1-4-31-20-8-5-6-9-21(20)32-17-23(27)25-12-7-13-26(15-14-25)24(28)18-10-11-19(29-2)22(16-18)30-3/h5-6,8-11,16H,4,7,12-15,17H2,1-3H3. The molecule has 1 saturated heterocycles. The van der Waals surface area contributed by atoms with Gasteiger partial charge in [0, 0.05) is 31.7 Å². The van der Waals surface area contributed by atoms with E-state index in [0.29, 0.717) is 67.8 Å². The minimum absolute atomic E-state index is 0.0757. The maximum Gasteiger partial charge on any atom is 0.260 e. The molecule has 0 radical (unpaired) electrons. The Morgan fingerprint density at radius 2 is 1.47 bits per heavy atom. The summed E-state index contributed by atoms with van der Waals surface area (Å²) in [5.74, 6) is 2.03. The van der Waals surface area contributed by atoms with Gasteiger partial charge in [-0.1, -0.05) is 12.1 Å². The Morgan fingerprint density at radius 1 is 0.812 bits per heavy atom. The molecule has 3 rings (SSSR count). The SMILES string of the molecule is CCOc1ccccc1OCC(=O)N1CCCN(C(=O)c2ccc(OC)c(OC)c2)CC1. The lowest BCUT2D eigenvalue weighted by atomic mass is 10.1. The predicted octanol–water partition coefficient (Wildman–Crippen LogP) is 2.86. The third-order valence-electron chi connectivity index (χ3n) is 5.27. The van der Waals surface area contributed by atoms with Gasteiger partial charge in [0.05, 0.1) is 20.8 Å². The second-order valence-corrected chi connectivity index (χ2v) is 7.26. The molecule has 1 fully saturated rings. The van der Waals surface area contributed by atoms with E-state index in [1.807, 2.05) is 25.1 Å². The van der Waals surface area contributed by atoms with Crippen LogP contribution in [0.3, 0.4) is 0 Å². The highest BCUT2D eigenvalue weighted by Gasteiger charge is 2.24. The molecule has 2 amide bonds. The first-order valence-corrected chi connectivity index (χ1v) is 10.7. The van der Waals surface area contributed by atoms with E-state index < -0.39 is 0 Å². The summed E-state index contributed by atoms with van der Waals surface area (Å²) in [6.45, 7) is 4.39. The number of para-hydroxylation sites is 2. The van der Waals surface area contributed by atoms with Crippen molar-refractivity contribution in [1.29, 1.82) is 0 Å². The first kappa shape index (κ1) is 23.2.